The van der Waals surface area contributed by atoms with Gasteiger partial charge in [0.05, 0.1) is 0 Å². The molecule has 0 saturated carbocycles. The topological polar surface area (TPSA) is 90.9 Å². The van der Waals surface area contributed by atoms with E-state index in [1.807, 2.05) is 0 Å². The molecular formula is C17H22N4O4S. The largest absolute Gasteiger partial charge is 0.327 e. The van der Waals surface area contributed by atoms with Crippen molar-refractivity contribution in [2.24, 2.45) is 5.41 Å². The minimum atomic E-state index is -3.55. The highest BCUT2D eigenvalue weighted by Crippen LogP contribution is 2.46. The van der Waals surface area contributed by atoms with Crippen LogP contribution in [-0.2, 0) is 14.8 Å². The molecule has 140 valence electrons. The van der Waals surface area contributed by atoms with Gasteiger partial charge >= 0.3 is 6.03 Å². The first-order valence-corrected chi connectivity index (χ1v) is 10.3. The van der Waals surface area contributed by atoms with Crippen LogP contribution in [0.5, 0.6) is 0 Å². The number of carbonyl (C=O) groups excluding carboxylic acids is 2. The standard InChI is InChI=1S/C17H22N4O4S/c1-2-20-15(22)14-10-17(12-21(14)16(20)23)5-8-19(9-6-17)26(24,25)13-4-3-7-18-11-13/h3-4,7,11,14H,2,5-6,8-10,12H2,1H3. The molecule has 4 rings (SSSR count). The number of urea groups is 1. The van der Waals surface area contributed by atoms with Crippen molar-refractivity contribution in [1.29, 1.82) is 0 Å². The first-order chi connectivity index (χ1) is 12.4. The maximum Gasteiger partial charge on any atom is 0.327 e. The molecule has 1 unspecified atom stereocenters. The Bertz CT molecular complexity index is 808. The van der Waals surface area contributed by atoms with Crippen molar-refractivity contribution in [3.05, 3.63) is 24.5 Å². The second-order valence-corrected chi connectivity index (χ2v) is 9.24. The zero-order chi connectivity index (χ0) is 18.5. The van der Waals surface area contributed by atoms with Crippen LogP contribution in [0.3, 0.4) is 0 Å². The summed E-state index contributed by atoms with van der Waals surface area (Å²) in [5, 5.41) is 0. The second kappa shape index (κ2) is 6.02. The summed E-state index contributed by atoms with van der Waals surface area (Å²) in [5.41, 5.74) is -0.156. The molecule has 3 aliphatic heterocycles. The van der Waals surface area contributed by atoms with Crippen molar-refractivity contribution in [1.82, 2.24) is 19.1 Å². The van der Waals surface area contributed by atoms with Crippen LogP contribution in [0.1, 0.15) is 26.2 Å². The molecule has 3 amide bonds. The molecule has 4 heterocycles. The molecule has 3 saturated heterocycles. The summed E-state index contributed by atoms with van der Waals surface area (Å²) < 4.78 is 27.0. The van der Waals surface area contributed by atoms with E-state index < -0.39 is 10.0 Å². The van der Waals surface area contributed by atoms with E-state index in [4.69, 9.17) is 0 Å². The lowest BCUT2D eigenvalue weighted by Crippen LogP contribution is -2.45. The Kier molecular flexibility index (Phi) is 4.03. The van der Waals surface area contributed by atoms with E-state index in [1.165, 1.54) is 15.4 Å². The van der Waals surface area contributed by atoms with Crippen molar-refractivity contribution in [2.75, 3.05) is 26.2 Å². The molecule has 0 aliphatic carbocycles. The molecule has 1 aromatic heterocycles. The molecule has 9 heteroatoms. The Morgan fingerprint density at radius 1 is 1.27 bits per heavy atom. The van der Waals surface area contributed by atoms with Crippen LogP contribution in [0.25, 0.3) is 0 Å². The fourth-order valence-corrected chi connectivity index (χ4v) is 5.82. The Labute approximate surface area is 152 Å². The van der Waals surface area contributed by atoms with E-state index in [0.29, 0.717) is 45.4 Å². The van der Waals surface area contributed by atoms with Crippen LogP contribution in [0.2, 0.25) is 0 Å². The van der Waals surface area contributed by atoms with Crippen LogP contribution in [-0.4, -0.2) is 71.7 Å². The summed E-state index contributed by atoms with van der Waals surface area (Å²) in [6.45, 7) is 3.54. The third-order valence-electron chi connectivity index (χ3n) is 5.91. The second-order valence-electron chi connectivity index (χ2n) is 7.31. The summed E-state index contributed by atoms with van der Waals surface area (Å²) in [4.78, 5) is 31.9. The lowest BCUT2D eigenvalue weighted by Gasteiger charge is -2.38. The number of amides is 3. The first-order valence-electron chi connectivity index (χ1n) is 8.90. The zero-order valence-corrected chi connectivity index (χ0v) is 15.5. The molecule has 1 atom stereocenters. The maximum absolute atomic E-state index is 12.7. The number of pyridine rings is 1. The molecule has 1 spiro atoms. The summed E-state index contributed by atoms with van der Waals surface area (Å²) >= 11 is 0. The van der Waals surface area contributed by atoms with E-state index in [-0.39, 0.29) is 28.3 Å². The Morgan fingerprint density at radius 2 is 2.00 bits per heavy atom. The third kappa shape index (κ3) is 2.52. The number of fused-ring (bicyclic) bond motifs is 1. The number of carbonyl (C=O) groups is 2. The van der Waals surface area contributed by atoms with Gasteiger partial charge in [-0.3, -0.25) is 14.7 Å². The van der Waals surface area contributed by atoms with Gasteiger partial charge in [0.25, 0.3) is 5.91 Å². The van der Waals surface area contributed by atoms with Gasteiger partial charge in [-0.05, 0) is 43.7 Å². The quantitative estimate of drug-likeness (QED) is 0.729. The minimum Gasteiger partial charge on any atom is -0.312 e. The van der Waals surface area contributed by atoms with Crippen LogP contribution in [0, 0.1) is 5.41 Å². The molecule has 0 N–H and O–H groups in total. The third-order valence-corrected chi connectivity index (χ3v) is 7.79. The molecule has 0 radical (unpaired) electrons. The van der Waals surface area contributed by atoms with Crippen LogP contribution < -0.4 is 0 Å². The summed E-state index contributed by atoms with van der Waals surface area (Å²) in [7, 11) is -3.55. The average Bonchev–Trinajstić information content (AvgIpc) is 3.11. The number of sulfonamides is 1. The first kappa shape index (κ1) is 17.4. The van der Waals surface area contributed by atoms with E-state index in [9.17, 15) is 18.0 Å². The Balaban J connectivity index is 1.47. The lowest BCUT2D eigenvalue weighted by atomic mass is 9.77. The fraction of sp³-hybridized carbons (Fsp3) is 0.588. The summed E-state index contributed by atoms with van der Waals surface area (Å²) in [6, 6.07) is 2.59. The lowest BCUT2D eigenvalue weighted by molar-refractivity contribution is -0.128. The normalized spacial score (nSPS) is 26.0. The number of hydrogen-bond donors (Lipinski definition) is 0. The Hall–Kier alpha value is -2.00. The van der Waals surface area contributed by atoms with Gasteiger partial charge in [-0.15, -0.1) is 0 Å². The van der Waals surface area contributed by atoms with Gasteiger partial charge in [0, 0.05) is 38.6 Å². The van der Waals surface area contributed by atoms with Gasteiger partial charge < -0.3 is 4.90 Å². The number of piperidine rings is 1. The fourth-order valence-electron chi connectivity index (χ4n) is 4.41. The average molecular weight is 378 g/mol. The van der Waals surface area contributed by atoms with Crippen LogP contribution in [0.15, 0.2) is 29.4 Å². The number of nitrogens with zero attached hydrogens (tertiary/aromatic N) is 4. The smallest absolute Gasteiger partial charge is 0.312 e. The highest BCUT2D eigenvalue weighted by atomic mass is 32.2. The molecule has 0 bridgehead atoms. The number of likely N-dealkylation sites (N-methyl/N-ethyl adjacent to an activating group) is 1. The van der Waals surface area contributed by atoms with E-state index in [1.54, 1.807) is 30.2 Å². The van der Waals surface area contributed by atoms with E-state index in [0.717, 1.165) is 0 Å². The van der Waals surface area contributed by atoms with Gasteiger partial charge in [0.2, 0.25) is 10.0 Å². The highest BCUT2D eigenvalue weighted by Gasteiger charge is 2.56. The maximum atomic E-state index is 12.7. The van der Waals surface area contributed by atoms with Crippen molar-refractivity contribution in [2.45, 2.75) is 37.1 Å². The predicted octanol–water partition coefficient (Wildman–Crippen LogP) is 0.909. The Morgan fingerprint density at radius 3 is 2.58 bits per heavy atom. The van der Waals surface area contributed by atoms with E-state index in [2.05, 4.69) is 4.98 Å². The van der Waals surface area contributed by atoms with Gasteiger partial charge in [-0.2, -0.15) is 4.31 Å². The number of imide groups is 1. The molecular weight excluding hydrogens is 356 g/mol. The number of hydrogen-bond acceptors (Lipinski definition) is 5. The molecule has 3 fully saturated rings. The summed E-state index contributed by atoms with van der Waals surface area (Å²) in [6.07, 6.45) is 4.86. The number of rotatable bonds is 3. The minimum absolute atomic E-state index is 0.111. The van der Waals surface area contributed by atoms with E-state index >= 15 is 0 Å². The predicted molar refractivity (Wildman–Crippen MR) is 92.6 cm³/mol. The number of aromatic nitrogens is 1. The van der Waals surface area contributed by atoms with Crippen molar-refractivity contribution < 1.29 is 18.0 Å². The molecule has 3 aliphatic rings. The molecule has 1 aromatic rings. The van der Waals surface area contributed by atoms with Crippen molar-refractivity contribution in [3.63, 3.8) is 0 Å². The molecule has 0 aromatic carbocycles. The molecule has 26 heavy (non-hydrogen) atoms. The highest BCUT2D eigenvalue weighted by molar-refractivity contribution is 7.89. The van der Waals surface area contributed by atoms with Crippen molar-refractivity contribution >= 4 is 22.0 Å². The summed E-state index contributed by atoms with van der Waals surface area (Å²) in [5.74, 6) is -0.111. The van der Waals surface area contributed by atoms with Crippen LogP contribution in [0.4, 0.5) is 4.79 Å². The zero-order valence-electron chi connectivity index (χ0n) is 14.7. The van der Waals surface area contributed by atoms with Gasteiger partial charge in [0.15, 0.2) is 0 Å². The van der Waals surface area contributed by atoms with Crippen LogP contribution >= 0.6 is 0 Å². The monoisotopic (exact) mass is 378 g/mol. The van der Waals surface area contributed by atoms with Gasteiger partial charge in [-0.1, -0.05) is 0 Å². The van der Waals surface area contributed by atoms with Gasteiger partial charge in [-0.25, -0.2) is 13.2 Å². The van der Waals surface area contributed by atoms with Crippen molar-refractivity contribution in [3.8, 4) is 0 Å². The van der Waals surface area contributed by atoms with Gasteiger partial charge in [0.1, 0.15) is 10.9 Å². The SMILES string of the molecule is CCN1C(=O)C2CC3(CCN(S(=O)(=O)c4cccnc4)CC3)CN2C1=O. The molecule has 8 nitrogen and oxygen atoms in total.